The van der Waals surface area contributed by atoms with E-state index in [1.54, 1.807) is 0 Å². The van der Waals surface area contributed by atoms with Crippen molar-refractivity contribution in [3.05, 3.63) is 88.0 Å². The molecule has 3 aromatic carbocycles. The summed E-state index contributed by atoms with van der Waals surface area (Å²) in [5.74, 6) is -1.61. The van der Waals surface area contributed by atoms with Crippen LogP contribution in [0.1, 0.15) is 230 Å². The van der Waals surface area contributed by atoms with Gasteiger partial charge in [0.25, 0.3) is 0 Å². The molecule has 0 heterocycles. The summed E-state index contributed by atoms with van der Waals surface area (Å²) in [6.45, 7) is 18.0. The Morgan fingerprint density at radius 1 is 0.418 bits per heavy atom. The lowest BCUT2D eigenvalue weighted by Crippen LogP contribution is -2.43. The molecule has 0 fully saturated rings. The number of alkyl carbamates (subject to hydrolysis) is 3. The molecule has 17 heteroatoms. The van der Waals surface area contributed by atoms with E-state index in [4.69, 9.17) is 14.2 Å². The van der Waals surface area contributed by atoms with E-state index in [1.807, 2.05) is 117 Å². The fraction of sp³-hybridized carbons (Fsp3) is 0.597. The Morgan fingerprint density at radius 2 is 0.696 bits per heavy atom. The fourth-order valence-corrected chi connectivity index (χ4v) is 10.4. The van der Waals surface area contributed by atoms with Crippen molar-refractivity contribution in [2.24, 2.45) is 0 Å². The first-order chi connectivity index (χ1) is 37.3. The Morgan fingerprint density at radius 3 is 0.975 bits per heavy atom. The molecular formula is C62H90N6O11. The van der Waals surface area contributed by atoms with Crippen molar-refractivity contribution in [1.29, 1.82) is 0 Å². The molecule has 0 aromatic heterocycles. The Labute approximate surface area is 468 Å². The van der Waals surface area contributed by atoms with Crippen molar-refractivity contribution in [2.75, 3.05) is 35.6 Å². The van der Waals surface area contributed by atoms with Gasteiger partial charge in [-0.05, 0) is 177 Å². The molecule has 0 atom stereocenters. The normalized spacial score (nSPS) is 15.1. The second kappa shape index (κ2) is 29.5. The van der Waals surface area contributed by atoms with Gasteiger partial charge in [0.15, 0.2) is 0 Å². The van der Waals surface area contributed by atoms with Gasteiger partial charge < -0.3 is 51.2 Å². The third-order valence-electron chi connectivity index (χ3n) is 13.8. The average molecular weight is 1100 g/mol. The lowest BCUT2D eigenvalue weighted by atomic mass is 9.51. The van der Waals surface area contributed by atoms with E-state index in [2.05, 4.69) is 31.9 Å². The number of hydrogen-bond donors (Lipinski definition) is 7. The highest BCUT2D eigenvalue weighted by molar-refractivity contribution is 5.94. The van der Waals surface area contributed by atoms with E-state index in [0.717, 1.165) is 110 Å². The highest BCUT2D eigenvalue weighted by atomic mass is 16.6. The molecular weight excluding hydrogens is 1000 g/mol. The van der Waals surface area contributed by atoms with Crippen LogP contribution in [0.2, 0.25) is 0 Å². The molecule has 0 spiro atoms. The number of anilines is 3. The Hall–Kier alpha value is -6.65. The van der Waals surface area contributed by atoms with Crippen LogP contribution >= 0.6 is 0 Å². The Kier molecular flexibility index (Phi) is 23.6. The third-order valence-corrected chi connectivity index (χ3v) is 13.8. The van der Waals surface area contributed by atoms with Gasteiger partial charge in [0, 0.05) is 73.7 Å². The zero-order chi connectivity index (χ0) is 57.8. The summed E-state index contributed by atoms with van der Waals surface area (Å²) in [6, 6.07) is 17.7. The minimum absolute atomic E-state index is 0.131. The summed E-state index contributed by atoms with van der Waals surface area (Å²) in [6.07, 6.45) is 12.1. The molecule has 6 rings (SSSR count). The number of carboxylic acid groups (broad SMARTS) is 1. The average Bonchev–Trinajstić information content (AvgIpc) is 3.52. The maximum absolute atomic E-state index is 13.5. The van der Waals surface area contributed by atoms with Crippen molar-refractivity contribution in [1.82, 2.24) is 16.0 Å². The summed E-state index contributed by atoms with van der Waals surface area (Å²) < 4.78 is 15.9. The number of hydrogen-bond acceptors (Lipinski definition) is 10. The molecule has 7 N–H and O–H groups in total. The standard InChI is InChI=1S/C62H90N6O11/c1-59(2,3)77-56(74)63-36-22-16-10-13-19-25-51(69)66-42-28-31-45-48(39-42)62(35-34-54(72)73)49-40-43(67-52(70)26-20-14-11-17-23-37-64-57(75)78-60(4,5)6)29-32-46(49)55(45)47-33-30-44(41-50(47)62)68-53(71)27-21-15-12-18-24-38-65-58(76)79-61(7,8)9/h28-33,39-41,55H,10-27,34-38H2,1-9H3,(H,63,74)(H,64,75)(H,65,76)(H,66,69)(H,67,70)(H,68,71)(H,72,73). The second-order valence-electron chi connectivity index (χ2n) is 24.1. The fourth-order valence-electron chi connectivity index (χ4n) is 10.4. The predicted octanol–water partition coefficient (Wildman–Crippen LogP) is 13.1. The summed E-state index contributed by atoms with van der Waals surface area (Å²) in [4.78, 5) is 89.1. The van der Waals surface area contributed by atoms with Gasteiger partial charge >= 0.3 is 24.2 Å². The molecule has 3 aliphatic carbocycles. The highest BCUT2D eigenvalue weighted by Crippen LogP contribution is 2.62. The topological polar surface area (TPSA) is 240 Å². The van der Waals surface area contributed by atoms with Gasteiger partial charge in [-0.2, -0.15) is 0 Å². The summed E-state index contributed by atoms with van der Waals surface area (Å²) >= 11 is 0. The first kappa shape index (κ1) is 63.2. The summed E-state index contributed by atoms with van der Waals surface area (Å²) in [7, 11) is 0. The number of rotatable bonds is 30. The van der Waals surface area contributed by atoms with Crippen LogP contribution in [-0.2, 0) is 38.8 Å². The van der Waals surface area contributed by atoms with Crippen molar-refractivity contribution >= 4 is 59.0 Å². The van der Waals surface area contributed by atoms with Crippen LogP contribution in [0, 0.1) is 0 Å². The molecule has 0 aliphatic heterocycles. The van der Waals surface area contributed by atoms with Crippen LogP contribution in [0.3, 0.4) is 0 Å². The minimum atomic E-state index is -1.04. The molecule has 0 unspecified atom stereocenters. The van der Waals surface area contributed by atoms with E-state index in [0.29, 0.717) is 75.2 Å². The molecule has 6 amide bonds. The van der Waals surface area contributed by atoms with Gasteiger partial charge in [0.2, 0.25) is 17.7 Å². The molecule has 0 saturated carbocycles. The first-order valence-corrected chi connectivity index (χ1v) is 28.8. The van der Waals surface area contributed by atoms with Crippen molar-refractivity contribution in [3.8, 4) is 0 Å². The molecule has 434 valence electrons. The third kappa shape index (κ3) is 20.8. The number of ether oxygens (including phenoxy) is 3. The van der Waals surface area contributed by atoms with Crippen molar-refractivity contribution in [3.63, 3.8) is 0 Å². The van der Waals surface area contributed by atoms with E-state index in [1.165, 1.54) is 0 Å². The lowest BCUT2D eigenvalue weighted by Gasteiger charge is -2.51. The van der Waals surface area contributed by atoms with Crippen LogP contribution in [0.15, 0.2) is 54.6 Å². The highest BCUT2D eigenvalue weighted by Gasteiger charge is 2.52. The number of carboxylic acids is 1. The molecule has 3 aliphatic rings. The van der Waals surface area contributed by atoms with E-state index < -0.39 is 46.5 Å². The van der Waals surface area contributed by atoms with Gasteiger partial charge in [0.05, 0.1) is 0 Å². The number of carbonyl (C=O) groups excluding carboxylic acids is 6. The largest absolute Gasteiger partial charge is 0.481 e. The SMILES string of the molecule is CC(C)(C)OC(=O)NCCCCCCCC(=O)Nc1ccc2c(c1)C1(CCC(=O)O)c3cc(NC(=O)CCCCCCCNC(=O)OC(C)(C)C)ccc3C2c2ccc(NC(=O)CCCCCCCNC(=O)OC(C)(C)C)cc21. The maximum atomic E-state index is 13.5. The molecule has 3 aromatic rings. The Bertz CT molecular complexity index is 2310. The van der Waals surface area contributed by atoms with Gasteiger partial charge in [-0.3, -0.25) is 19.2 Å². The van der Waals surface area contributed by atoms with Crippen LogP contribution in [0.4, 0.5) is 31.4 Å². The van der Waals surface area contributed by atoms with Gasteiger partial charge in [-0.1, -0.05) is 76.0 Å². The smallest absolute Gasteiger partial charge is 0.407 e. The zero-order valence-electron chi connectivity index (χ0n) is 48.6. The van der Waals surface area contributed by atoms with E-state index >= 15 is 0 Å². The van der Waals surface area contributed by atoms with E-state index in [9.17, 15) is 38.7 Å². The predicted molar refractivity (Wildman–Crippen MR) is 309 cm³/mol. The van der Waals surface area contributed by atoms with Crippen molar-refractivity contribution in [2.45, 2.75) is 219 Å². The van der Waals surface area contributed by atoms with Gasteiger partial charge in [0.1, 0.15) is 16.8 Å². The number of aliphatic carboxylic acids is 1. The minimum Gasteiger partial charge on any atom is -0.481 e. The maximum Gasteiger partial charge on any atom is 0.407 e. The molecule has 79 heavy (non-hydrogen) atoms. The number of benzene rings is 3. The number of carbonyl (C=O) groups is 7. The number of unbranched alkanes of at least 4 members (excludes halogenated alkanes) is 12. The zero-order valence-corrected chi connectivity index (χ0v) is 48.6. The monoisotopic (exact) mass is 1090 g/mol. The summed E-state index contributed by atoms with van der Waals surface area (Å²) in [5.41, 5.74) is 4.68. The van der Waals surface area contributed by atoms with E-state index in [-0.39, 0.29) is 36.5 Å². The molecule has 17 nitrogen and oxygen atoms in total. The van der Waals surface area contributed by atoms with Crippen molar-refractivity contribution < 1.29 is 52.9 Å². The quantitative estimate of drug-likeness (QED) is 0.0245. The van der Waals surface area contributed by atoms with Gasteiger partial charge in [-0.15, -0.1) is 0 Å². The van der Waals surface area contributed by atoms with Crippen LogP contribution in [-0.4, -0.2) is 83.5 Å². The van der Waals surface area contributed by atoms with Crippen LogP contribution in [0.25, 0.3) is 0 Å². The number of nitrogens with one attached hydrogen (secondary N) is 6. The molecule has 0 radical (unpaired) electrons. The second-order valence-corrected chi connectivity index (χ2v) is 24.1. The lowest BCUT2D eigenvalue weighted by molar-refractivity contribution is -0.137. The van der Waals surface area contributed by atoms with Gasteiger partial charge in [-0.25, -0.2) is 14.4 Å². The summed E-state index contributed by atoms with van der Waals surface area (Å²) in [5, 5.41) is 28.1. The molecule has 2 bridgehead atoms. The van der Waals surface area contributed by atoms with Crippen LogP contribution < -0.4 is 31.9 Å². The first-order valence-electron chi connectivity index (χ1n) is 28.8. The Balaban J connectivity index is 1.29. The van der Waals surface area contributed by atoms with Crippen LogP contribution in [0.5, 0.6) is 0 Å². The number of amides is 6. The molecule has 0 saturated heterocycles.